The summed E-state index contributed by atoms with van der Waals surface area (Å²) >= 11 is 0. The lowest BCUT2D eigenvalue weighted by Gasteiger charge is -2.33. The van der Waals surface area contributed by atoms with Gasteiger partial charge in [-0.05, 0) is 24.6 Å². The molecule has 1 fully saturated rings. The zero-order valence-electron chi connectivity index (χ0n) is 12.6. The van der Waals surface area contributed by atoms with Crippen LogP contribution in [-0.4, -0.2) is 51.5 Å². The fourth-order valence-corrected chi connectivity index (χ4v) is 2.56. The quantitative estimate of drug-likeness (QED) is 0.873. The van der Waals surface area contributed by atoms with Gasteiger partial charge in [0.1, 0.15) is 6.67 Å². The summed E-state index contributed by atoms with van der Waals surface area (Å²) in [6, 6.07) is 5.47. The Labute approximate surface area is 132 Å². The van der Waals surface area contributed by atoms with Crippen LogP contribution < -0.4 is 14.8 Å². The van der Waals surface area contributed by atoms with Crippen molar-refractivity contribution in [2.75, 3.05) is 46.6 Å². The second-order valence-electron chi connectivity index (χ2n) is 4.80. The molecule has 0 aliphatic carbocycles. The molecule has 1 N–H and O–H groups in total. The minimum atomic E-state index is -0.391. The van der Waals surface area contributed by atoms with Crippen molar-refractivity contribution in [1.82, 2.24) is 10.2 Å². The average molecular weight is 319 g/mol. The van der Waals surface area contributed by atoms with E-state index in [4.69, 9.17) is 9.47 Å². The summed E-state index contributed by atoms with van der Waals surface area (Å²) in [6.07, 6.45) is 0. The van der Waals surface area contributed by atoms with Crippen LogP contribution in [0.5, 0.6) is 11.5 Å². The van der Waals surface area contributed by atoms with E-state index in [0.717, 1.165) is 31.7 Å². The van der Waals surface area contributed by atoms with Gasteiger partial charge >= 0.3 is 0 Å². The molecule has 4 nitrogen and oxygen atoms in total. The predicted octanol–water partition coefficient (Wildman–Crippen LogP) is 2.43. The molecule has 0 radical (unpaired) electrons. The Morgan fingerprint density at radius 3 is 2.57 bits per heavy atom. The molecule has 1 saturated heterocycles. The molecular weight excluding hydrogens is 295 g/mol. The zero-order valence-corrected chi connectivity index (χ0v) is 13.4. The fourth-order valence-electron chi connectivity index (χ4n) is 2.56. The van der Waals surface area contributed by atoms with Crippen molar-refractivity contribution in [3.63, 3.8) is 0 Å². The largest absolute Gasteiger partial charge is 0.493 e. The first-order valence-electron chi connectivity index (χ1n) is 7.11. The van der Waals surface area contributed by atoms with Crippen LogP contribution in [0.2, 0.25) is 0 Å². The van der Waals surface area contributed by atoms with Gasteiger partial charge in [-0.15, -0.1) is 12.4 Å². The van der Waals surface area contributed by atoms with Crippen molar-refractivity contribution < 1.29 is 13.9 Å². The van der Waals surface area contributed by atoms with E-state index in [9.17, 15) is 4.39 Å². The summed E-state index contributed by atoms with van der Waals surface area (Å²) < 4.78 is 24.3. The maximum absolute atomic E-state index is 13.5. The van der Waals surface area contributed by atoms with E-state index in [1.807, 2.05) is 25.1 Å². The van der Waals surface area contributed by atoms with E-state index in [1.165, 1.54) is 0 Å². The maximum atomic E-state index is 13.5. The molecule has 0 bridgehead atoms. The molecular formula is C15H24ClFN2O2. The van der Waals surface area contributed by atoms with Gasteiger partial charge in [0, 0.05) is 26.2 Å². The van der Waals surface area contributed by atoms with Gasteiger partial charge in [-0.1, -0.05) is 6.07 Å². The molecule has 0 spiro atoms. The molecule has 120 valence electrons. The Morgan fingerprint density at radius 2 is 2.00 bits per heavy atom. The SMILES string of the molecule is CCOc1cc([C@H](CF)N2CCNCC2)ccc1OC.Cl. The summed E-state index contributed by atoms with van der Waals surface area (Å²) in [4.78, 5) is 2.17. The van der Waals surface area contributed by atoms with E-state index in [1.54, 1.807) is 7.11 Å². The van der Waals surface area contributed by atoms with Crippen LogP contribution in [-0.2, 0) is 0 Å². The molecule has 1 heterocycles. The number of ether oxygens (including phenoxy) is 2. The van der Waals surface area contributed by atoms with E-state index < -0.39 is 6.67 Å². The maximum Gasteiger partial charge on any atom is 0.161 e. The molecule has 2 rings (SSSR count). The second-order valence-corrected chi connectivity index (χ2v) is 4.80. The molecule has 1 atom stereocenters. The standard InChI is InChI=1S/C15H23FN2O2.ClH/c1-3-20-15-10-12(4-5-14(15)19-2)13(11-16)18-8-6-17-7-9-18;/h4-5,10,13,17H,3,6-9,11H2,1-2H3;1H/t13-;/m0./s1. The van der Waals surface area contributed by atoms with Gasteiger partial charge in [-0.3, -0.25) is 4.90 Å². The van der Waals surface area contributed by atoms with E-state index in [2.05, 4.69) is 10.2 Å². The number of halogens is 2. The normalized spacial score (nSPS) is 16.9. The molecule has 1 aromatic carbocycles. The Balaban J connectivity index is 0.00000220. The van der Waals surface area contributed by atoms with Crippen molar-refractivity contribution in [3.05, 3.63) is 23.8 Å². The highest BCUT2D eigenvalue weighted by molar-refractivity contribution is 5.85. The number of nitrogens with zero attached hydrogens (tertiary/aromatic N) is 1. The highest BCUT2D eigenvalue weighted by atomic mass is 35.5. The lowest BCUT2D eigenvalue weighted by Crippen LogP contribution is -2.45. The topological polar surface area (TPSA) is 33.7 Å². The number of piperazine rings is 1. The molecule has 0 aromatic heterocycles. The Morgan fingerprint density at radius 1 is 1.29 bits per heavy atom. The van der Waals surface area contributed by atoms with Crippen LogP contribution in [0.25, 0.3) is 0 Å². The van der Waals surface area contributed by atoms with Crippen LogP contribution in [0.15, 0.2) is 18.2 Å². The number of nitrogens with one attached hydrogen (secondary N) is 1. The number of hydrogen-bond acceptors (Lipinski definition) is 4. The first-order valence-corrected chi connectivity index (χ1v) is 7.11. The lowest BCUT2D eigenvalue weighted by molar-refractivity contribution is 0.147. The molecule has 0 amide bonds. The number of methoxy groups -OCH3 is 1. The van der Waals surface area contributed by atoms with E-state index in [0.29, 0.717) is 18.1 Å². The highest BCUT2D eigenvalue weighted by Gasteiger charge is 2.23. The summed E-state index contributed by atoms with van der Waals surface area (Å²) in [6.45, 7) is 5.64. The van der Waals surface area contributed by atoms with Gasteiger partial charge in [0.15, 0.2) is 11.5 Å². The Hall–Kier alpha value is -1.04. The van der Waals surface area contributed by atoms with Gasteiger partial charge in [0.2, 0.25) is 0 Å². The third kappa shape index (κ3) is 4.46. The van der Waals surface area contributed by atoms with Gasteiger partial charge in [0.25, 0.3) is 0 Å². The molecule has 6 heteroatoms. The Kier molecular flexibility index (Phi) is 7.78. The number of benzene rings is 1. The van der Waals surface area contributed by atoms with Crippen molar-refractivity contribution in [3.8, 4) is 11.5 Å². The minimum Gasteiger partial charge on any atom is -0.493 e. The fraction of sp³-hybridized carbons (Fsp3) is 0.600. The zero-order chi connectivity index (χ0) is 14.4. The highest BCUT2D eigenvalue weighted by Crippen LogP contribution is 2.32. The van der Waals surface area contributed by atoms with Gasteiger partial charge in [-0.2, -0.15) is 0 Å². The first kappa shape index (κ1) is 18.0. The summed E-state index contributed by atoms with van der Waals surface area (Å²) in [5.74, 6) is 1.37. The van der Waals surface area contributed by atoms with Gasteiger partial charge in [0.05, 0.1) is 19.8 Å². The number of hydrogen-bond donors (Lipinski definition) is 1. The summed E-state index contributed by atoms with van der Waals surface area (Å²) in [5.41, 5.74) is 0.943. The second kappa shape index (κ2) is 9.07. The van der Waals surface area contributed by atoms with Crippen molar-refractivity contribution in [2.45, 2.75) is 13.0 Å². The lowest BCUT2D eigenvalue weighted by atomic mass is 10.0. The molecule has 1 aliphatic rings. The van der Waals surface area contributed by atoms with Crippen LogP contribution in [0.3, 0.4) is 0 Å². The smallest absolute Gasteiger partial charge is 0.161 e. The monoisotopic (exact) mass is 318 g/mol. The van der Waals surface area contributed by atoms with Crippen LogP contribution in [0.1, 0.15) is 18.5 Å². The molecule has 1 aliphatic heterocycles. The molecule has 0 unspecified atom stereocenters. The van der Waals surface area contributed by atoms with Crippen molar-refractivity contribution >= 4 is 12.4 Å². The Bertz CT molecular complexity index is 428. The summed E-state index contributed by atoms with van der Waals surface area (Å²) in [5, 5.41) is 3.29. The van der Waals surface area contributed by atoms with E-state index >= 15 is 0 Å². The van der Waals surface area contributed by atoms with Crippen LogP contribution in [0, 0.1) is 0 Å². The van der Waals surface area contributed by atoms with E-state index in [-0.39, 0.29) is 18.4 Å². The predicted molar refractivity (Wildman–Crippen MR) is 84.6 cm³/mol. The van der Waals surface area contributed by atoms with Crippen LogP contribution in [0.4, 0.5) is 4.39 Å². The number of rotatable bonds is 6. The molecule has 21 heavy (non-hydrogen) atoms. The van der Waals surface area contributed by atoms with Crippen molar-refractivity contribution in [1.29, 1.82) is 0 Å². The summed E-state index contributed by atoms with van der Waals surface area (Å²) in [7, 11) is 1.61. The van der Waals surface area contributed by atoms with Gasteiger partial charge in [-0.25, -0.2) is 4.39 Å². The minimum absolute atomic E-state index is 0. The molecule has 1 aromatic rings. The van der Waals surface area contributed by atoms with Crippen molar-refractivity contribution in [2.24, 2.45) is 0 Å². The van der Waals surface area contributed by atoms with Crippen LogP contribution >= 0.6 is 12.4 Å². The third-order valence-corrected chi connectivity index (χ3v) is 3.61. The average Bonchev–Trinajstić information content (AvgIpc) is 2.50. The third-order valence-electron chi connectivity index (χ3n) is 3.61. The number of alkyl halides is 1. The van der Waals surface area contributed by atoms with Gasteiger partial charge < -0.3 is 14.8 Å². The molecule has 0 saturated carbocycles. The first-order chi connectivity index (χ1) is 9.80.